The molecule has 1 heterocycles. The Hall–Kier alpha value is -2.42. The Morgan fingerprint density at radius 2 is 2.14 bits per heavy atom. The second kappa shape index (κ2) is 5.92. The lowest BCUT2D eigenvalue weighted by molar-refractivity contribution is -0.385. The number of nitro groups is 1. The molecule has 2 aromatic rings. The molecule has 8 nitrogen and oxygen atoms in total. The van der Waals surface area contributed by atoms with Crippen molar-refractivity contribution in [3.05, 3.63) is 55.5 Å². The van der Waals surface area contributed by atoms with Gasteiger partial charge in [0.25, 0.3) is 11.2 Å². The third-order valence-corrected chi connectivity index (χ3v) is 3.55. The molecule has 0 aliphatic rings. The van der Waals surface area contributed by atoms with Crippen molar-refractivity contribution in [3.8, 4) is 0 Å². The SMILES string of the molecule is CSc1nnc(Cc2ccc(C)cc2[N+](=O)[O-])c(=O)n1N. The van der Waals surface area contributed by atoms with Crippen molar-refractivity contribution in [1.29, 1.82) is 0 Å². The van der Waals surface area contributed by atoms with Crippen LogP contribution >= 0.6 is 11.8 Å². The van der Waals surface area contributed by atoms with Crippen LogP contribution in [0.25, 0.3) is 0 Å². The van der Waals surface area contributed by atoms with Crippen molar-refractivity contribution in [2.45, 2.75) is 18.5 Å². The zero-order valence-corrected chi connectivity index (χ0v) is 12.3. The van der Waals surface area contributed by atoms with E-state index >= 15 is 0 Å². The van der Waals surface area contributed by atoms with Crippen LogP contribution in [0.3, 0.4) is 0 Å². The number of aryl methyl sites for hydroxylation is 1. The standard InChI is InChI=1S/C12H13N5O3S/c1-7-3-4-8(10(5-7)17(19)20)6-9-11(18)16(13)12(21-2)15-14-9/h3-5H,6,13H2,1-2H3. The topological polar surface area (TPSA) is 117 Å². The molecule has 110 valence electrons. The number of benzene rings is 1. The van der Waals surface area contributed by atoms with Crippen molar-refractivity contribution in [1.82, 2.24) is 14.9 Å². The van der Waals surface area contributed by atoms with Gasteiger partial charge in [-0.25, -0.2) is 0 Å². The first kappa shape index (κ1) is 15.0. The number of hydrogen-bond donors (Lipinski definition) is 1. The lowest BCUT2D eigenvalue weighted by atomic mass is 10.1. The summed E-state index contributed by atoms with van der Waals surface area (Å²) < 4.78 is 0.896. The van der Waals surface area contributed by atoms with Crippen molar-refractivity contribution < 1.29 is 4.92 Å². The van der Waals surface area contributed by atoms with Crippen LogP contribution in [0.5, 0.6) is 0 Å². The summed E-state index contributed by atoms with van der Waals surface area (Å²) in [6.45, 7) is 1.76. The second-order valence-corrected chi connectivity index (χ2v) is 5.15. The van der Waals surface area contributed by atoms with Crippen LogP contribution in [0.4, 0.5) is 5.69 Å². The Balaban J connectivity index is 2.46. The summed E-state index contributed by atoms with van der Waals surface area (Å²) in [7, 11) is 0. The van der Waals surface area contributed by atoms with Crippen LogP contribution in [-0.4, -0.2) is 26.1 Å². The third-order valence-electron chi connectivity index (χ3n) is 2.91. The number of aromatic nitrogens is 3. The minimum absolute atomic E-state index is 0.00822. The molecule has 0 radical (unpaired) electrons. The van der Waals surface area contributed by atoms with Gasteiger partial charge in [-0.05, 0) is 18.7 Å². The predicted molar refractivity (Wildman–Crippen MR) is 78.9 cm³/mol. The minimum Gasteiger partial charge on any atom is -0.334 e. The Kier molecular flexibility index (Phi) is 4.22. The lowest BCUT2D eigenvalue weighted by Gasteiger charge is -2.06. The molecule has 0 fully saturated rings. The van der Waals surface area contributed by atoms with Gasteiger partial charge in [-0.3, -0.25) is 14.9 Å². The molecule has 2 rings (SSSR count). The minimum atomic E-state index is -0.510. The fraction of sp³-hybridized carbons (Fsp3) is 0.250. The van der Waals surface area contributed by atoms with E-state index in [0.717, 1.165) is 10.2 Å². The molecule has 0 aliphatic heterocycles. The smallest absolute Gasteiger partial charge is 0.294 e. The number of nitro benzene ring substituents is 1. The van der Waals surface area contributed by atoms with Gasteiger partial charge in [-0.2, -0.15) is 4.68 Å². The van der Waals surface area contributed by atoms with Gasteiger partial charge in [-0.15, -0.1) is 10.2 Å². The van der Waals surface area contributed by atoms with Crippen LogP contribution in [0.1, 0.15) is 16.8 Å². The van der Waals surface area contributed by atoms with E-state index in [1.807, 2.05) is 0 Å². The number of nitrogens with two attached hydrogens (primary N) is 1. The molecule has 0 bridgehead atoms. The van der Waals surface area contributed by atoms with Crippen molar-refractivity contribution >= 4 is 17.4 Å². The maximum Gasteiger partial charge on any atom is 0.294 e. The molecule has 0 saturated carbocycles. The lowest BCUT2D eigenvalue weighted by Crippen LogP contribution is -2.33. The van der Waals surface area contributed by atoms with Gasteiger partial charge in [0.2, 0.25) is 5.16 Å². The van der Waals surface area contributed by atoms with Crippen LogP contribution in [0.2, 0.25) is 0 Å². The van der Waals surface area contributed by atoms with Gasteiger partial charge < -0.3 is 5.84 Å². The van der Waals surface area contributed by atoms with E-state index in [-0.39, 0.29) is 23.0 Å². The summed E-state index contributed by atoms with van der Waals surface area (Å²) in [6, 6.07) is 4.81. The zero-order valence-electron chi connectivity index (χ0n) is 11.4. The largest absolute Gasteiger partial charge is 0.334 e. The van der Waals surface area contributed by atoms with Crippen LogP contribution in [0.15, 0.2) is 28.2 Å². The highest BCUT2D eigenvalue weighted by molar-refractivity contribution is 7.98. The fourth-order valence-corrected chi connectivity index (χ4v) is 2.25. The van der Waals surface area contributed by atoms with Crippen LogP contribution in [-0.2, 0) is 6.42 Å². The monoisotopic (exact) mass is 307 g/mol. The molecule has 9 heteroatoms. The first-order valence-corrected chi connectivity index (χ1v) is 7.18. The summed E-state index contributed by atoms with van der Waals surface area (Å²) in [5.41, 5.74) is 0.680. The predicted octanol–water partition coefficient (Wildman–Crippen LogP) is 0.881. The molecule has 2 N–H and O–H groups in total. The van der Waals surface area contributed by atoms with Gasteiger partial charge in [0.1, 0.15) is 5.69 Å². The molecule has 0 spiro atoms. The van der Waals surface area contributed by atoms with Crippen molar-refractivity contribution in [3.63, 3.8) is 0 Å². The normalized spacial score (nSPS) is 10.6. The van der Waals surface area contributed by atoms with E-state index in [1.54, 1.807) is 25.3 Å². The van der Waals surface area contributed by atoms with Gasteiger partial charge in [-0.1, -0.05) is 23.9 Å². The van der Waals surface area contributed by atoms with E-state index in [4.69, 9.17) is 5.84 Å². The molecule has 0 unspecified atom stereocenters. The Bertz CT molecular complexity index is 759. The molecule has 21 heavy (non-hydrogen) atoms. The molecule has 0 atom stereocenters. The summed E-state index contributed by atoms with van der Waals surface area (Å²) in [5, 5.41) is 19.0. The van der Waals surface area contributed by atoms with E-state index in [2.05, 4.69) is 10.2 Å². The molecule has 0 aliphatic carbocycles. The first-order chi connectivity index (χ1) is 9.93. The second-order valence-electron chi connectivity index (χ2n) is 4.37. The number of hydrogen-bond acceptors (Lipinski definition) is 7. The summed E-state index contributed by atoms with van der Waals surface area (Å²) in [6.07, 6.45) is 1.73. The maximum absolute atomic E-state index is 12.1. The van der Waals surface area contributed by atoms with Crippen LogP contribution in [0, 0.1) is 17.0 Å². The third kappa shape index (κ3) is 3.02. The number of thioether (sulfide) groups is 1. The average molecular weight is 307 g/mol. The highest BCUT2D eigenvalue weighted by Gasteiger charge is 2.17. The van der Waals surface area contributed by atoms with E-state index in [1.165, 1.54) is 17.8 Å². The quantitative estimate of drug-likeness (QED) is 0.385. The van der Waals surface area contributed by atoms with E-state index < -0.39 is 10.5 Å². The molecule has 1 aromatic heterocycles. The highest BCUT2D eigenvalue weighted by atomic mass is 32.2. The highest BCUT2D eigenvalue weighted by Crippen LogP contribution is 2.21. The van der Waals surface area contributed by atoms with E-state index in [0.29, 0.717) is 5.56 Å². The van der Waals surface area contributed by atoms with E-state index in [9.17, 15) is 14.9 Å². The van der Waals surface area contributed by atoms with Crippen molar-refractivity contribution in [2.24, 2.45) is 0 Å². The summed E-state index contributed by atoms with van der Waals surface area (Å²) in [5.74, 6) is 5.62. The summed E-state index contributed by atoms with van der Waals surface area (Å²) >= 11 is 1.19. The average Bonchev–Trinajstić information content (AvgIpc) is 2.45. The van der Waals surface area contributed by atoms with Crippen LogP contribution < -0.4 is 11.4 Å². The Morgan fingerprint density at radius 1 is 1.43 bits per heavy atom. The number of rotatable bonds is 4. The maximum atomic E-state index is 12.1. The summed E-state index contributed by atoms with van der Waals surface area (Å²) in [4.78, 5) is 22.6. The van der Waals surface area contributed by atoms with Gasteiger partial charge in [0.05, 0.1) is 4.92 Å². The molecule has 1 aromatic carbocycles. The molecule has 0 saturated heterocycles. The van der Waals surface area contributed by atoms with Gasteiger partial charge in [0.15, 0.2) is 0 Å². The molecular weight excluding hydrogens is 294 g/mol. The fourth-order valence-electron chi connectivity index (χ4n) is 1.84. The number of nitrogens with zero attached hydrogens (tertiary/aromatic N) is 4. The zero-order chi connectivity index (χ0) is 15.6. The first-order valence-electron chi connectivity index (χ1n) is 5.95. The molecule has 0 amide bonds. The van der Waals surface area contributed by atoms with Gasteiger partial charge >= 0.3 is 0 Å². The molecular formula is C12H13N5O3S. The van der Waals surface area contributed by atoms with Crippen molar-refractivity contribution in [2.75, 3.05) is 12.1 Å². The number of nitrogen functional groups attached to an aromatic ring is 1. The Labute approximate surface area is 124 Å². The van der Waals surface area contributed by atoms with Gasteiger partial charge in [0, 0.05) is 18.1 Å². The Morgan fingerprint density at radius 3 is 2.76 bits per heavy atom.